The molecule has 0 aliphatic heterocycles. The molecule has 18 heavy (non-hydrogen) atoms. The molecule has 0 radical (unpaired) electrons. The van der Waals surface area contributed by atoms with Crippen LogP contribution in [0.1, 0.15) is 31.7 Å². The zero-order valence-corrected chi connectivity index (χ0v) is 11.4. The molecule has 1 heterocycles. The summed E-state index contributed by atoms with van der Waals surface area (Å²) in [7, 11) is 0. The van der Waals surface area contributed by atoms with E-state index in [9.17, 15) is 4.79 Å². The molecule has 1 aromatic heterocycles. The maximum Gasteiger partial charge on any atom is 0.239 e. The van der Waals surface area contributed by atoms with E-state index < -0.39 is 5.41 Å². The van der Waals surface area contributed by atoms with Gasteiger partial charge in [-0.2, -0.15) is 10.4 Å². The zero-order valence-electron chi connectivity index (χ0n) is 11.4. The Morgan fingerprint density at radius 1 is 1.56 bits per heavy atom. The number of nitrogens with one attached hydrogen (secondary N) is 1. The number of hydrogen-bond acceptors (Lipinski definition) is 3. The third kappa shape index (κ3) is 3.59. The average Bonchev–Trinajstić information content (AvgIpc) is 2.63. The van der Waals surface area contributed by atoms with E-state index in [0.29, 0.717) is 6.54 Å². The molecule has 0 saturated carbocycles. The highest BCUT2D eigenvalue weighted by atomic mass is 16.2. The van der Waals surface area contributed by atoms with Crippen molar-refractivity contribution in [1.82, 2.24) is 15.1 Å². The van der Waals surface area contributed by atoms with Crippen molar-refractivity contribution in [2.45, 2.75) is 40.7 Å². The fourth-order valence-electron chi connectivity index (χ4n) is 1.60. The van der Waals surface area contributed by atoms with Crippen LogP contribution in [-0.4, -0.2) is 22.2 Å². The van der Waals surface area contributed by atoms with Gasteiger partial charge in [0.05, 0.1) is 11.8 Å². The van der Waals surface area contributed by atoms with E-state index in [1.807, 2.05) is 30.7 Å². The first kappa shape index (κ1) is 14.2. The quantitative estimate of drug-likeness (QED) is 0.804. The lowest BCUT2D eigenvalue weighted by molar-refractivity contribution is -0.126. The molecular weight excluding hydrogens is 228 g/mol. The molecule has 5 heteroatoms. The summed E-state index contributed by atoms with van der Waals surface area (Å²) in [6.07, 6.45) is 0.801. The van der Waals surface area contributed by atoms with Gasteiger partial charge in [0.25, 0.3) is 0 Å². The number of rotatable bonds is 5. The number of carbonyl (C=O) groups is 1. The summed E-state index contributed by atoms with van der Waals surface area (Å²) in [5, 5.41) is 15.9. The minimum Gasteiger partial charge on any atom is -0.355 e. The van der Waals surface area contributed by atoms with Gasteiger partial charge in [-0.3, -0.25) is 9.48 Å². The number of aryl methyl sites for hydroxylation is 3. The Morgan fingerprint density at radius 2 is 2.22 bits per heavy atom. The molecule has 0 aliphatic rings. The van der Waals surface area contributed by atoms with E-state index in [2.05, 4.69) is 10.4 Å². The molecule has 1 aromatic rings. The molecule has 0 unspecified atom stereocenters. The lowest BCUT2D eigenvalue weighted by Gasteiger charge is -2.14. The molecule has 1 amide bonds. The lowest BCUT2D eigenvalue weighted by atomic mass is 9.95. The average molecular weight is 248 g/mol. The van der Waals surface area contributed by atoms with Crippen molar-refractivity contribution in [2.24, 2.45) is 5.41 Å². The van der Waals surface area contributed by atoms with Gasteiger partial charge >= 0.3 is 0 Å². The van der Waals surface area contributed by atoms with Crippen LogP contribution in [0.5, 0.6) is 0 Å². The summed E-state index contributed by atoms with van der Waals surface area (Å²) < 4.78 is 1.93. The molecule has 1 N–H and O–H groups in total. The van der Waals surface area contributed by atoms with Crippen molar-refractivity contribution < 1.29 is 4.79 Å². The van der Waals surface area contributed by atoms with Crippen LogP contribution < -0.4 is 5.32 Å². The van der Waals surface area contributed by atoms with E-state index in [1.54, 1.807) is 13.8 Å². The van der Waals surface area contributed by atoms with Gasteiger partial charge in [0, 0.05) is 18.8 Å². The minimum atomic E-state index is -0.960. The molecule has 1 rings (SSSR count). The van der Waals surface area contributed by atoms with E-state index >= 15 is 0 Å². The molecule has 0 saturated heterocycles. The Labute approximate surface area is 108 Å². The zero-order chi connectivity index (χ0) is 13.8. The first-order valence-corrected chi connectivity index (χ1v) is 6.07. The Balaban J connectivity index is 2.34. The van der Waals surface area contributed by atoms with Gasteiger partial charge in [-0.05, 0) is 40.2 Å². The largest absolute Gasteiger partial charge is 0.355 e. The number of nitrogens with zero attached hydrogens (tertiary/aromatic N) is 3. The van der Waals surface area contributed by atoms with Gasteiger partial charge in [-0.1, -0.05) is 0 Å². The molecule has 0 aromatic carbocycles. The predicted octanol–water partition coefficient (Wildman–Crippen LogP) is 1.56. The van der Waals surface area contributed by atoms with Crippen LogP contribution in [0.2, 0.25) is 0 Å². The summed E-state index contributed by atoms with van der Waals surface area (Å²) in [6.45, 7) is 8.53. The smallest absolute Gasteiger partial charge is 0.239 e. The highest BCUT2D eigenvalue weighted by molar-refractivity contribution is 5.84. The van der Waals surface area contributed by atoms with Crippen LogP contribution in [0, 0.1) is 30.6 Å². The summed E-state index contributed by atoms with van der Waals surface area (Å²) in [6, 6.07) is 4.01. The Kier molecular flexibility index (Phi) is 4.49. The molecule has 0 atom stereocenters. The van der Waals surface area contributed by atoms with E-state index in [4.69, 9.17) is 5.26 Å². The van der Waals surface area contributed by atoms with Crippen LogP contribution in [-0.2, 0) is 11.3 Å². The van der Waals surface area contributed by atoms with Gasteiger partial charge in [-0.15, -0.1) is 0 Å². The number of nitriles is 1. The van der Waals surface area contributed by atoms with Gasteiger partial charge in [0.2, 0.25) is 5.91 Å². The van der Waals surface area contributed by atoms with Crippen LogP contribution >= 0.6 is 0 Å². The van der Waals surface area contributed by atoms with Crippen molar-refractivity contribution in [3.05, 3.63) is 17.5 Å². The van der Waals surface area contributed by atoms with Gasteiger partial charge in [0.1, 0.15) is 5.41 Å². The minimum absolute atomic E-state index is 0.224. The highest BCUT2D eigenvalue weighted by Crippen LogP contribution is 2.12. The first-order chi connectivity index (χ1) is 8.36. The van der Waals surface area contributed by atoms with Crippen molar-refractivity contribution in [3.63, 3.8) is 0 Å². The summed E-state index contributed by atoms with van der Waals surface area (Å²) in [4.78, 5) is 11.6. The molecule has 98 valence electrons. The molecular formula is C13H20N4O. The third-order valence-corrected chi connectivity index (χ3v) is 2.78. The number of hydrogen-bond donors (Lipinski definition) is 1. The monoisotopic (exact) mass is 248 g/mol. The molecule has 0 fully saturated rings. The number of carbonyl (C=O) groups excluding carboxylic acids is 1. The second-order valence-electron chi connectivity index (χ2n) is 5.00. The summed E-state index contributed by atoms with van der Waals surface area (Å²) >= 11 is 0. The van der Waals surface area contributed by atoms with Gasteiger partial charge in [0.15, 0.2) is 0 Å². The van der Waals surface area contributed by atoms with E-state index in [-0.39, 0.29) is 5.91 Å². The Morgan fingerprint density at radius 3 is 2.72 bits per heavy atom. The Bertz CT molecular complexity index is 468. The molecule has 0 bridgehead atoms. The second-order valence-corrected chi connectivity index (χ2v) is 5.00. The van der Waals surface area contributed by atoms with Crippen LogP contribution in [0.25, 0.3) is 0 Å². The maximum absolute atomic E-state index is 11.6. The second kappa shape index (κ2) is 5.67. The van der Waals surface area contributed by atoms with Crippen LogP contribution in [0.3, 0.4) is 0 Å². The fraction of sp³-hybridized carbons (Fsp3) is 0.615. The predicted molar refractivity (Wildman–Crippen MR) is 68.7 cm³/mol. The van der Waals surface area contributed by atoms with Crippen LogP contribution in [0.15, 0.2) is 6.07 Å². The highest BCUT2D eigenvalue weighted by Gasteiger charge is 2.26. The first-order valence-electron chi connectivity index (χ1n) is 6.07. The van der Waals surface area contributed by atoms with Crippen molar-refractivity contribution in [2.75, 3.05) is 6.54 Å². The standard InChI is InChI=1S/C13H20N4O/c1-10-8-11(2)17(16-10)7-5-6-15-12(18)13(3,4)9-14/h8H,5-7H2,1-4H3,(H,15,18). The normalized spacial score (nSPS) is 11.1. The van der Waals surface area contributed by atoms with Crippen molar-refractivity contribution >= 4 is 5.91 Å². The summed E-state index contributed by atoms with van der Waals surface area (Å²) in [5.74, 6) is -0.224. The van der Waals surface area contributed by atoms with E-state index in [0.717, 1.165) is 24.4 Å². The topological polar surface area (TPSA) is 70.7 Å². The van der Waals surface area contributed by atoms with E-state index in [1.165, 1.54) is 0 Å². The summed E-state index contributed by atoms with van der Waals surface area (Å²) in [5.41, 5.74) is 1.16. The molecule has 0 spiro atoms. The lowest BCUT2D eigenvalue weighted by Crippen LogP contribution is -2.36. The maximum atomic E-state index is 11.6. The SMILES string of the molecule is Cc1cc(C)n(CCCNC(=O)C(C)(C)C#N)n1. The molecule has 0 aliphatic carbocycles. The van der Waals surface area contributed by atoms with Gasteiger partial charge in [-0.25, -0.2) is 0 Å². The Hall–Kier alpha value is -1.83. The molecule has 5 nitrogen and oxygen atoms in total. The van der Waals surface area contributed by atoms with Crippen molar-refractivity contribution in [1.29, 1.82) is 5.26 Å². The number of amides is 1. The van der Waals surface area contributed by atoms with Crippen molar-refractivity contribution in [3.8, 4) is 6.07 Å². The fourth-order valence-corrected chi connectivity index (χ4v) is 1.60. The number of aromatic nitrogens is 2. The van der Waals surface area contributed by atoms with Crippen LogP contribution in [0.4, 0.5) is 0 Å². The van der Waals surface area contributed by atoms with Gasteiger partial charge < -0.3 is 5.32 Å². The third-order valence-electron chi connectivity index (χ3n) is 2.78.